The second-order valence-electron chi connectivity index (χ2n) is 4.31. The number of halogens is 1. The van der Waals surface area contributed by atoms with E-state index in [9.17, 15) is 0 Å². The van der Waals surface area contributed by atoms with Crippen molar-refractivity contribution in [2.45, 2.75) is 31.4 Å². The van der Waals surface area contributed by atoms with Crippen molar-refractivity contribution in [1.82, 2.24) is 0 Å². The van der Waals surface area contributed by atoms with Gasteiger partial charge in [0.05, 0.1) is 17.4 Å². The number of methoxy groups -OCH3 is 1. The average Bonchev–Trinajstić information content (AvgIpc) is 2.79. The number of anilines is 1. The Hall–Kier alpha value is -1.05. The predicted octanol–water partition coefficient (Wildman–Crippen LogP) is 3.30. The summed E-state index contributed by atoms with van der Waals surface area (Å²) in [4.78, 5) is 0. The van der Waals surface area contributed by atoms with Crippen LogP contribution in [0.4, 0.5) is 5.69 Å². The van der Waals surface area contributed by atoms with Crippen molar-refractivity contribution in [1.29, 1.82) is 5.26 Å². The van der Waals surface area contributed by atoms with Crippen LogP contribution in [-0.2, 0) is 4.74 Å². The van der Waals surface area contributed by atoms with Crippen LogP contribution in [0.2, 0.25) is 0 Å². The minimum absolute atomic E-state index is 0.355. The van der Waals surface area contributed by atoms with Crippen molar-refractivity contribution < 1.29 is 4.74 Å². The molecule has 1 aromatic rings. The highest BCUT2D eigenvalue weighted by Crippen LogP contribution is 2.27. The van der Waals surface area contributed by atoms with E-state index in [-0.39, 0.29) is 0 Å². The zero-order valence-electron chi connectivity index (χ0n) is 9.74. The van der Waals surface area contributed by atoms with Crippen molar-refractivity contribution in [3.63, 3.8) is 0 Å². The van der Waals surface area contributed by atoms with Gasteiger partial charge in [-0.2, -0.15) is 5.26 Å². The molecule has 1 aliphatic carbocycles. The third-order valence-electron chi connectivity index (χ3n) is 3.18. The van der Waals surface area contributed by atoms with Gasteiger partial charge in [0.2, 0.25) is 0 Å². The molecule has 0 spiro atoms. The molecule has 0 heterocycles. The number of benzene rings is 1. The van der Waals surface area contributed by atoms with E-state index < -0.39 is 0 Å². The minimum atomic E-state index is 0.355. The first-order valence-corrected chi connectivity index (χ1v) is 6.51. The molecular weight excluding hydrogens is 280 g/mol. The molecule has 1 aliphatic rings. The number of rotatable bonds is 3. The number of nitrogens with one attached hydrogen (secondary N) is 1. The Bertz CT molecular complexity index is 442. The van der Waals surface area contributed by atoms with Crippen molar-refractivity contribution in [3.05, 3.63) is 28.2 Å². The summed E-state index contributed by atoms with van der Waals surface area (Å²) < 4.78 is 6.27. The quantitative estimate of drug-likeness (QED) is 0.930. The van der Waals surface area contributed by atoms with Gasteiger partial charge in [-0.15, -0.1) is 0 Å². The SMILES string of the molecule is COC1CCC(Nc2ccc(Br)cc2C#N)C1. The summed E-state index contributed by atoms with van der Waals surface area (Å²) >= 11 is 3.37. The highest BCUT2D eigenvalue weighted by Gasteiger charge is 2.24. The smallest absolute Gasteiger partial charge is 0.101 e. The van der Waals surface area contributed by atoms with E-state index in [4.69, 9.17) is 10.00 Å². The molecular formula is C13H15BrN2O. The van der Waals surface area contributed by atoms with Crippen LogP contribution in [0.3, 0.4) is 0 Å². The largest absolute Gasteiger partial charge is 0.381 e. The van der Waals surface area contributed by atoms with Crippen LogP contribution in [0.1, 0.15) is 24.8 Å². The highest BCUT2D eigenvalue weighted by molar-refractivity contribution is 9.10. The fourth-order valence-corrected chi connectivity index (χ4v) is 2.60. The van der Waals surface area contributed by atoms with Crippen LogP contribution in [0.25, 0.3) is 0 Å². The summed E-state index contributed by atoms with van der Waals surface area (Å²) in [5.41, 5.74) is 1.60. The lowest BCUT2D eigenvalue weighted by molar-refractivity contribution is 0.108. The maximum absolute atomic E-state index is 9.08. The number of nitriles is 1. The van der Waals surface area contributed by atoms with Gasteiger partial charge < -0.3 is 10.1 Å². The average molecular weight is 295 g/mol. The topological polar surface area (TPSA) is 45.0 Å². The van der Waals surface area contributed by atoms with Gasteiger partial charge in [0.1, 0.15) is 6.07 Å². The predicted molar refractivity (Wildman–Crippen MR) is 70.9 cm³/mol. The van der Waals surface area contributed by atoms with E-state index in [1.165, 1.54) is 0 Å². The fourth-order valence-electron chi connectivity index (χ4n) is 2.24. The zero-order valence-corrected chi connectivity index (χ0v) is 11.3. The first kappa shape index (κ1) is 12.4. The van der Waals surface area contributed by atoms with Crippen molar-refractivity contribution >= 4 is 21.6 Å². The van der Waals surface area contributed by atoms with Crippen molar-refractivity contribution in [2.75, 3.05) is 12.4 Å². The molecule has 0 saturated heterocycles. The lowest BCUT2D eigenvalue weighted by Gasteiger charge is -2.15. The molecule has 2 unspecified atom stereocenters. The van der Waals surface area contributed by atoms with Crippen LogP contribution in [0.5, 0.6) is 0 Å². The Balaban J connectivity index is 2.07. The van der Waals surface area contributed by atoms with E-state index >= 15 is 0 Å². The van der Waals surface area contributed by atoms with E-state index in [1.54, 1.807) is 7.11 Å². The molecule has 0 aliphatic heterocycles. The second-order valence-corrected chi connectivity index (χ2v) is 5.23. The maximum atomic E-state index is 9.08. The Morgan fingerprint density at radius 1 is 1.47 bits per heavy atom. The lowest BCUT2D eigenvalue weighted by atomic mass is 10.1. The molecule has 1 fully saturated rings. The van der Waals surface area contributed by atoms with Gasteiger partial charge in [0.25, 0.3) is 0 Å². The molecule has 1 saturated carbocycles. The summed E-state index contributed by atoms with van der Waals surface area (Å²) in [6.07, 6.45) is 3.55. The monoisotopic (exact) mass is 294 g/mol. The first-order chi connectivity index (χ1) is 8.22. The fraction of sp³-hybridized carbons (Fsp3) is 0.462. The summed E-state index contributed by atoms with van der Waals surface area (Å²) in [5, 5.41) is 12.5. The Morgan fingerprint density at radius 3 is 2.94 bits per heavy atom. The molecule has 0 amide bonds. The summed E-state index contributed by atoms with van der Waals surface area (Å²) in [6.45, 7) is 0. The molecule has 17 heavy (non-hydrogen) atoms. The number of hydrogen-bond acceptors (Lipinski definition) is 3. The third-order valence-corrected chi connectivity index (χ3v) is 3.67. The van der Waals surface area contributed by atoms with Crippen LogP contribution < -0.4 is 5.32 Å². The molecule has 4 heteroatoms. The number of nitrogens with zero attached hydrogens (tertiary/aromatic N) is 1. The van der Waals surface area contributed by atoms with Crippen molar-refractivity contribution in [3.8, 4) is 6.07 Å². The summed E-state index contributed by atoms with van der Waals surface area (Å²) in [6, 6.07) is 8.36. The highest BCUT2D eigenvalue weighted by atomic mass is 79.9. The van der Waals surface area contributed by atoms with Crippen LogP contribution in [-0.4, -0.2) is 19.3 Å². The van der Waals surface area contributed by atoms with E-state index in [0.29, 0.717) is 17.7 Å². The van der Waals surface area contributed by atoms with Gasteiger partial charge in [0, 0.05) is 17.6 Å². The van der Waals surface area contributed by atoms with Crippen LogP contribution >= 0.6 is 15.9 Å². The molecule has 2 rings (SSSR count). The Labute approximate surface area is 110 Å². The maximum Gasteiger partial charge on any atom is 0.101 e. The van der Waals surface area contributed by atoms with Gasteiger partial charge in [0.15, 0.2) is 0 Å². The van der Waals surface area contributed by atoms with Gasteiger partial charge in [-0.05, 0) is 37.5 Å². The van der Waals surface area contributed by atoms with Gasteiger partial charge in [-0.3, -0.25) is 0 Å². The van der Waals surface area contributed by atoms with E-state index in [0.717, 1.165) is 29.4 Å². The van der Waals surface area contributed by atoms with E-state index in [1.807, 2.05) is 18.2 Å². The van der Waals surface area contributed by atoms with Crippen LogP contribution in [0.15, 0.2) is 22.7 Å². The first-order valence-electron chi connectivity index (χ1n) is 5.72. The molecule has 3 nitrogen and oxygen atoms in total. The van der Waals surface area contributed by atoms with Gasteiger partial charge in [-0.25, -0.2) is 0 Å². The lowest BCUT2D eigenvalue weighted by Crippen LogP contribution is -2.17. The standard InChI is InChI=1S/C13H15BrN2O/c1-17-12-4-3-11(7-12)16-13-5-2-10(14)6-9(13)8-15/h2,5-6,11-12,16H,3-4,7H2,1H3. The minimum Gasteiger partial charge on any atom is -0.381 e. The number of ether oxygens (including phenoxy) is 1. The Kier molecular flexibility index (Phi) is 4.03. The second kappa shape index (κ2) is 5.52. The third kappa shape index (κ3) is 2.99. The van der Waals surface area contributed by atoms with Crippen molar-refractivity contribution in [2.24, 2.45) is 0 Å². The van der Waals surface area contributed by atoms with Gasteiger partial charge in [-0.1, -0.05) is 15.9 Å². The zero-order chi connectivity index (χ0) is 12.3. The number of hydrogen-bond donors (Lipinski definition) is 1. The van der Waals surface area contributed by atoms with Gasteiger partial charge >= 0.3 is 0 Å². The van der Waals surface area contributed by atoms with E-state index in [2.05, 4.69) is 27.3 Å². The Morgan fingerprint density at radius 2 is 2.29 bits per heavy atom. The molecule has 1 aromatic carbocycles. The summed E-state index contributed by atoms with van der Waals surface area (Å²) in [5.74, 6) is 0. The molecule has 0 bridgehead atoms. The molecule has 0 aromatic heterocycles. The summed E-state index contributed by atoms with van der Waals surface area (Å²) in [7, 11) is 1.76. The normalized spacial score (nSPS) is 23.4. The molecule has 2 atom stereocenters. The van der Waals surface area contributed by atoms with Crippen LogP contribution in [0, 0.1) is 11.3 Å². The molecule has 90 valence electrons. The molecule has 0 radical (unpaired) electrons. The molecule has 1 N–H and O–H groups in total.